The van der Waals surface area contributed by atoms with E-state index in [-0.39, 0.29) is 17.5 Å². The highest BCUT2D eigenvalue weighted by Gasteiger charge is 2.13. The van der Waals surface area contributed by atoms with Gasteiger partial charge in [0.1, 0.15) is 11.6 Å². The van der Waals surface area contributed by atoms with Crippen LogP contribution < -0.4 is 10.6 Å². The summed E-state index contributed by atoms with van der Waals surface area (Å²) in [5.41, 5.74) is 1.10. The van der Waals surface area contributed by atoms with Crippen molar-refractivity contribution >= 4 is 5.91 Å². The average Bonchev–Trinajstić information content (AvgIpc) is 2.59. The van der Waals surface area contributed by atoms with Gasteiger partial charge in [0.05, 0.1) is 6.04 Å². The predicted octanol–water partition coefficient (Wildman–Crippen LogP) is 2.20. The largest absolute Gasteiger partial charge is 0.388 e. The molecule has 1 rings (SSSR count). The van der Waals surface area contributed by atoms with Gasteiger partial charge in [-0.1, -0.05) is 44.2 Å². The van der Waals surface area contributed by atoms with Crippen LogP contribution in [0.3, 0.4) is 0 Å². The van der Waals surface area contributed by atoms with Gasteiger partial charge in [-0.3, -0.25) is 4.79 Å². The summed E-state index contributed by atoms with van der Waals surface area (Å²) >= 11 is 0. The minimum atomic E-state index is -0.362. The molecule has 0 spiro atoms. The zero-order chi connectivity index (χ0) is 17.1. The molecule has 0 aliphatic rings. The third-order valence-corrected chi connectivity index (χ3v) is 3.73. The summed E-state index contributed by atoms with van der Waals surface area (Å²) in [6.45, 7) is 9.68. The summed E-state index contributed by atoms with van der Waals surface area (Å²) in [4.78, 5) is 14.4. The van der Waals surface area contributed by atoms with Gasteiger partial charge in [-0.05, 0) is 25.6 Å². The topological polar surface area (TPSA) is 68.2 Å². The van der Waals surface area contributed by atoms with E-state index in [0.29, 0.717) is 6.54 Å². The van der Waals surface area contributed by atoms with E-state index >= 15 is 0 Å². The van der Waals surface area contributed by atoms with Crippen molar-refractivity contribution in [2.75, 3.05) is 26.2 Å². The number of hydrogen-bond donors (Lipinski definition) is 2. The molecule has 0 aliphatic heterocycles. The number of likely N-dealkylation sites (N-methyl/N-ethyl adjacent to an activating group) is 1. The Bertz CT molecular complexity index is 544. The van der Waals surface area contributed by atoms with Crippen LogP contribution in [0.15, 0.2) is 42.1 Å². The predicted molar refractivity (Wildman–Crippen MR) is 92.5 cm³/mol. The van der Waals surface area contributed by atoms with E-state index in [4.69, 9.17) is 5.26 Å². The lowest BCUT2D eigenvalue weighted by atomic mass is 10.1. The Hall–Kier alpha value is -2.32. The van der Waals surface area contributed by atoms with Crippen molar-refractivity contribution in [3.63, 3.8) is 0 Å². The highest BCUT2D eigenvalue weighted by Crippen LogP contribution is 2.11. The SMILES string of the molecule is CCN(CC)CCN/C=C(/C#N)C(=O)NC(C)c1ccccc1. The van der Waals surface area contributed by atoms with Gasteiger partial charge in [0.15, 0.2) is 0 Å². The molecular formula is C18H26N4O. The van der Waals surface area contributed by atoms with Crippen molar-refractivity contribution in [3.05, 3.63) is 47.7 Å². The third kappa shape index (κ3) is 6.54. The summed E-state index contributed by atoms with van der Waals surface area (Å²) < 4.78 is 0. The fraction of sp³-hybridized carbons (Fsp3) is 0.444. The van der Waals surface area contributed by atoms with Crippen LogP contribution in [-0.4, -0.2) is 37.0 Å². The van der Waals surface area contributed by atoms with Crippen LogP contribution in [0.2, 0.25) is 0 Å². The third-order valence-electron chi connectivity index (χ3n) is 3.73. The van der Waals surface area contributed by atoms with Gasteiger partial charge in [0.2, 0.25) is 0 Å². The molecule has 0 saturated heterocycles. The number of nitriles is 1. The summed E-state index contributed by atoms with van der Waals surface area (Å²) in [5.74, 6) is -0.362. The van der Waals surface area contributed by atoms with Gasteiger partial charge in [-0.15, -0.1) is 0 Å². The van der Waals surface area contributed by atoms with Crippen LogP contribution in [-0.2, 0) is 4.79 Å². The standard InChI is InChI=1S/C18H26N4O/c1-4-22(5-2)12-11-20-14-17(13-19)18(23)21-15(3)16-9-7-6-8-10-16/h6-10,14-15,20H,4-5,11-12H2,1-3H3,(H,21,23)/b17-14-. The van der Waals surface area contributed by atoms with Gasteiger partial charge in [-0.25, -0.2) is 0 Å². The van der Waals surface area contributed by atoms with Gasteiger partial charge in [-0.2, -0.15) is 5.26 Å². The molecule has 1 aromatic rings. The molecule has 1 amide bonds. The van der Waals surface area contributed by atoms with Gasteiger partial charge >= 0.3 is 0 Å². The molecule has 0 bridgehead atoms. The maximum Gasteiger partial charge on any atom is 0.263 e. The highest BCUT2D eigenvalue weighted by atomic mass is 16.1. The fourth-order valence-corrected chi connectivity index (χ4v) is 2.18. The average molecular weight is 314 g/mol. The van der Waals surface area contributed by atoms with Gasteiger partial charge in [0, 0.05) is 19.3 Å². The molecule has 124 valence electrons. The first-order valence-corrected chi connectivity index (χ1v) is 8.04. The Morgan fingerprint density at radius 3 is 2.52 bits per heavy atom. The molecule has 1 atom stereocenters. The minimum Gasteiger partial charge on any atom is -0.388 e. The normalized spacial score (nSPS) is 12.6. The molecule has 5 heteroatoms. The number of carbonyl (C=O) groups is 1. The van der Waals surface area contributed by atoms with Crippen LogP contribution in [0, 0.1) is 11.3 Å². The second-order valence-corrected chi connectivity index (χ2v) is 5.26. The first-order chi connectivity index (χ1) is 11.1. The number of nitrogens with zero attached hydrogens (tertiary/aromatic N) is 2. The van der Waals surface area contributed by atoms with Crippen molar-refractivity contribution in [1.82, 2.24) is 15.5 Å². The van der Waals surface area contributed by atoms with E-state index in [1.165, 1.54) is 6.20 Å². The van der Waals surface area contributed by atoms with Gasteiger partial charge < -0.3 is 15.5 Å². The number of nitrogens with one attached hydrogen (secondary N) is 2. The zero-order valence-corrected chi connectivity index (χ0v) is 14.2. The Balaban J connectivity index is 2.51. The second kappa shape index (κ2) is 10.4. The molecule has 1 aromatic carbocycles. The van der Waals surface area contributed by atoms with Crippen molar-refractivity contribution in [3.8, 4) is 6.07 Å². The minimum absolute atomic E-state index is 0.0901. The smallest absolute Gasteiger partial charge is 0.263 e. The molecule has 0 aliphatic carbocycles. The number of carbonyl (C=O) groups excluding carboxylic acids is 1. The number of rotatable bonds is 9. The van der Waals surface area contributed by atoms with Crippen LogP contribution in [0.5, 0.6) is 0 Å². The number of hydrogen-bond acceptors (Lipinski definition) is 4. The molecule has 0 radical (unpaired) electrons. The van der Waals surface area contributed by atoms with E-state index < -0.39 is 0 Å². The van der Waals surface area contributed by atoms with Crippen molar-refractivity contribution in [2.24, 2.45) is 0 Å². The maximum atomic E-state index is 12.1. The van der Waals surface area contributed by atoms with E-state index in [0.717, 1.165) is 25.2 Å². The van der Waals surface area contributed by atoms with Crippen LogP contribution in [0.25, 0.3) is 0 Å². The molecule has 0 heterocycles. The molecule has 23 heavy (non-hydrogen) atoms. The maximum absolute atomic E-state index is 12.1. The summed E-state index contributed by atoms with van der Waals surface area (Å²) in [7, 11) is 0. The van der Waals surface area contributed by atoms with Crippen LogP contribution in [0.4, 0.5) is 0 Å². The van der Waals surface area contributed by atoms with Gasteiger partial charge in [0.25, 0.3) is 5.91 Å². The Labute approximate surface area is 139 Å². The Morgan fingerprint density at radius 2 is 1.96 bits per heavy atom. The van der Waals surface area contributed by atoms with Crippen LogP contribution in [0.1, 0.15) is 32.4 Å². The lowest BCUT2D eigenvalue weighted by Gasteiger charge is -2.17. The van der Waals surface area contributed by atoms with E-state index in [9.17, 15) is 4.79 Å². The first-order valence-electron chi connectivity index (χ1n) is 8.04. The monoisotopic (exact) mass is 314 g/mol. The quantitative estimate of drug-likeness (QED) is 0.416. The molecule has 2 N–H and O–H groups in total. The lowest BCUT2D eigenvalue weighted by molar-refractivity contribution is -0.117. The van der Waals surface area contributed by atoms with Crippen molar-refractivity contribution in [2.45, 2.75) is 26.8 Å². The molecular weight excluding hydrogens is 288 g/mol. The number of benzene rings is 1. The highest BCUT2D eigenvalue weighted by molar-refractivity contribution is 5.97. The molecule has 5 nitrogen and oxygen atoms in total. The van der Waals surface area contributed by atoms with E-state index in [1.807, 2.05) is 43.3 Å². The fourth-order valence-electron chi connectivity index (χ4n) is 2.18. The van der Waals surface area contributed by atoms with Crippen LogP contribution >= 0.6 is 0 Å². The summed E-state index contributed by atoms with van der Waals surface area (Å²) in [6.07, 6.45) is 1.50. The zero-order valence-electron chi connectivity index (χ0n) is 14.2. The molecule has 0 aromatic heterocycles. The second-order valence-electron chi connectivity index (χ2n) is 5.26. The summed E-state index contributed by atoms with van der Waals surface area (Å²) in [6, 6.07) is 11.5. The van der Waals surface area contributed by atoms with Crippen molar-refractivity contribution in [1.29, 1.82) is 5.26 Å². The Morgan fingerprint density at radius 1 is 1.30 bits per heavy atom. The first kappa shape index (κ1) is 18.7. The molecule has 1 unspecified atom stereocenters. The lowest BCUT2D eigenvalue weighted by Crippen LogP contribution is -2.31. The Kier molecular flexibility index (Phi) is 8.48. The van der Waals surface area contributed by atoms with E-state index in [1.54, 1.807) is 0 Å². The van der Waals surface area contributed by atoms with Crippen molar-refractivity contribution < 1.29 is 4.79 Å². The summed E-state index contributed by atoms with van der Waals surface area (Å²) in [5, 5.41) is 15.0. The van der Waals surface area contributed by atoms with E-state index in [2.05, 4.69) is 29.4 Å². The molecule has 0 fully saturated rings. The number of amides is 1. The molecule has 0 saturated carbocycles.